The Hall–Kier alpha value is -1.37. The van der Waals surface area contributed by atoms with Crippen LogP contribution in [0.1, 0.15) is 11.6 Å². The highest BCUT2D eigenvalue weighted by Gasteiger charge is 2.73. The first-order valence-corrected chi connectivity index (χ1v) is 5.76. The van der Waals surface area contributed by atoms with Crippen molar-refractivity contribution < 1.29 is 26.7 Å². The second-order valence-electron chi connectivity index (χ2n) is 4.81. The average molecular weight is 279 g/mol. The predicted molar refractivity (Wildman–Crippen MR) is 55.8 cm³/mol. The number of ether oxygens (including phenoxy) is 1. The number of nitrogens with one attached hydrogen (secondary N) is 1. The zero-order chi connectivity index (χ0) is 13.8. The molecule has 7 heteroatoms. The lowest BCUT2D eigenvalue weighted by Crippen LogP contribution is -2.24. The molecule has 2 nitrogen and oxygen atoms in total. The van der Waals surface area contributed by atoms with Crippen LogP contribution in [0.2, 0.25) is 0 Å². The molecule has 2 aliphatic rings. The fourth-order valence-corrected chi connectivity index (χ4v) is 2.72. The van der Waals surface area contributed by atoms with Gasteiger partial charge in [-0.25, -0.2) is 8.78 Å². The molecule has 0 bridgehead atoms. The molecular weight excluding hydrogens is 269 g/mol. The summed E-state index contributed by atoms with van der Waals surface area (Å²) in [6.45, 7) is 0.239. The third-order valence-corrected chi connectivity index (χ3v) is 3.65. The largest absolute Gasteiger partial charge is 0.573 e. The van der Waals surface area contributed by atoms with Crippen molar-refractivity contribution >= 4 is 0 Å². The van der Waals surface area contributed by atoms with Gasteiger partial charge in [-0.15, -0.1) is 13.2 Å². The van der Waals surface area contributed by atoms with Gasteiger partial charge in [0.25, 0.3) is 5.92 Å². The Morgan fingerprint density at radius 1 is 1.16 bits per heavy atom. The lowest BCUT2D eigenvalue weighted by atomic mass is 10.0. The molecule has 1 N–H and O–H groups in total. The Labute approximate surface area is 105 Å². The lowest BCUT2D eigenvalue weighted by molar-refractivity contribution is -0.274. The molecule has 1 aromatic rings. The minimum atomic E-state index is -4.75. The number of fused-ring (bicyclic) bond motifs is 1. The van der Waals surface area contributed by atoms with Crippen LogP contribution in [-0.2, 0) is 0 Å². The summed E-state index contributed by atoms with van der Waals surface area (Å²) in [7, 11) is 0. The van der Waals surface area contributed by atoms with Crippen molar-refractivity contribution in [2.75, 3.05) is 6.54 Å². The molecule has 0 amide bonds. The van der Waals surface area contributed by atoms with Gasteiger partial charge < -0.3 is 10.1 Å². The second kappa shape index (κ2) is 3.82. The Morgan fingerprint density at radius 3 is 2.26 bits per heavy atom. The van der Waals surface area contributed by atoms with Gasteiger partial charge in [-0.05, 0) is 17.7 Å². The predicted octanol–water partition coefficient (Wildman–Crippen LogP) is 3.11. The third kappa shape index (κ3) is 2.16. The number of rotatable bonds is 2. The first-order chi connectivity index (χ1) is 8.79. The Balaban J connectivity index is 1.73. The highest BCUT2D eigenvalue weighted by Crippen LogP contribution is 2.63. The van der Waals surface area contributed by atoms with E-state index in [-0.39, 0.29) is 12.3 Å². The first kappa shape index (κ1) is 12.7. The second-order valence-corrected chi connectivity index (χ2v) is 4.81. The lowest BCUT2D eigenvalue weighted by Gasteiger charge is -2.16. The molecule has 1 saturated carbocycles. The molecular formula is C12H10F5NO. The highest BCUT2D eigenvalue weighted by atomic mass is 19.4. The van der Waals surface area contributed by atoms with Crippen molar-refractivity contribution in [3.63, 3.8) is 0 Å². The van der Waals surface area contributed by atoms with Gasteiger partial charge in [0.05, 0.1) is 5.92 Å². The SMILES string of the molecule is FC(F)(F)Oc1ccc([C@@H]2NC[C@@H]3[C@H]2C3(F)F)cc1. The van der Waals surface area contributed by atoms with E-state index in [1.165, 1.54) is 12.1 Å². The summed E-state index contributed by atoms with van der Waals surface area (Å²) < 4.78 is 66.2. The zero-order valence-electron chi connectivity index (χ0n) is 9.55. The van der Waals surface area contributed by atoms with Gasteiger partial charge in [-0.3, -0.25) is 0 Å². The molecule has 0 radical (unpaired) electrons. The minimum Gasteiger partial charge on any atom is -0.406 e. The van der Waals surface area contributed by atoms with Crippen LogP contribution in [-0.4, -0.2) is 18.8 Å². The molecule has 1 aliphatic heterocycles. The van der Waals surface area contributed by atoms with Gasteiger partial charge in [0.2, 0.25) is 0 Å². The van der Waals surface area contributed by atoms with Gasteiger partial charge in [0, 0.05) is 18.5 Å². The topological polar surface area (TPSA) is 21.3 Å². The van der Waals surface area contributed by atoms with E-state index in [9.17, 15) is 22.0 Å². The molecule has 3 atom stereocenters. The molecule has 104 valence electrons. The molecule has 1 aliphatic carbocycles. The maximum Gasteiger partial charge on any atom is 0.573 e. The molecule has 1 saturated heterocycles. The summed E-state index contributed by atoms with van der Waals surface area (Å²) in [5.41, 5.74) is 0.555. The summed E-state index contributed by atoms with van der Waals surface area (Å²) in [5, 5.41) is 2.95. The van der Waals surface area contributed by atoms with Crippen molar-refractivity contribution in [2.45, 2.75) is 18.3 Å². The molecule has 2 fully saturated rings. The van der Waals surface area contributed by atoms with Gasteiger partial charge in [-0.1, -0.05) is 12.1 Å². The van der Waals surface area contributed by atoms with E-state index in [4.69, 9.17) is 0 Å². The van der Waals surface area contributed by atoms with E-state index >= 15 is 0 Å². The zero-order valence-corrected chi connectivity index (χ0v) is 9.55. The number of hydrogen-bond donors (Lipinski definition) is 1. The van der Waals surface area contributed by atoms with Gasteiger partial charge in [0.15, 0.2) is 0 Å². The minimum absolute atomic E-state index is 0.239. The summed E-state index contributed by atoms with van der Waals surface area (Å²) in [6.07, 6.45) is -4.75. The molecule has 0 unspecified atom stereocenters. The summed E-state index contributed by atoms with van der Waals surface area (Å²) in [6, 6.07) is 4.54. The van der Waals surface area contributed by atoms with Gasteiger partial charge in [0.1, 0.15) is 5.75 Å². The van der Waals surface area contributed by atoms with E-state index in [1.54, 1.807) is 0 Å². The Morgan fingerprint density at radius 2 is 1.79 bits per heavy atom. The van der Waals surface area contributed by atoms with Crippen LogP contribution in [0.4, 0.5) is 22.0 Å². The molecule has 0 aromatic heterocycles. The molecule has 0 spiro atoms. The third-order valence-electron chi connectivity index (χ3n) is 3.65. The smallest absolute Gasteiger partial charge is 0.406 e. The number of hydrogen-bond acceptors (Lipinski definition) is 2. The fraction of sp³-hybridized carbons (Fsp3) is 0.500. The number of halogens is 5. The number of alkyl halides is 5. The van der Waals surface area contributed by atoms with Crippen LogP contribution in [0.25, 0.3) is 0 Å². The molecule has 19 heavy (non-hydrogen) atoms. The molecule has 1 heterocycles. The molecule has 3 rings (SSSR count). The Kier molecular flexibility index (Phi) is 2.54. The van der Waals surface area contributed by atoms with Crippen LogP contribution in [0.15, 0.2) is 24.3 Å². The molecule has 1 aromatic carbocycles. The van der Waals surface area contributed by atoms with Crippen molar-refractivity contribution in [3.8, 4) is 5.75 Å². The van der Waals surface area contributed by atoms with Gasteiger partial charge in [-0.2, -0.15) is 0 Å². The summed E-state index contributed by atoms with van der Waals surface area (Å²) in [4.78, 5) is 0. The van der Waals surface area contributed by atoms with Crippen molar-refractivity contribution in [1.29, 1.82) is 0 Å². The normalized spacial score (nSPS) is 31.9. The monoisotopic (exact) mass is 279 g/mol. The number of benzene rings is 1. The quantitative estimate of drug-likeness (QED) is 0.840. The van der Waals surface area contributed by atoms with Crippen LogP contribution < -0.4 is 10.1 Å². The maximum absolute atomic E-state index is 13.3. The van der Waals surface area contributed by atoms with E-state index in [0.717, 1.165) is 12.1 Å². The van der Waals surface area contributed by atoms with E-state index in [0.29, 0.717) is 5.56 Å². The van der Waals surface area contributed by atoms with E-state index in [1.807, 2.05) is 0 Å². The number of piperidine rings is 1. The highest BCUT2D eigenvalue weighted by molar-refractivity contribution is 5.33. The average Bonchev–Trinajstić information content (AvgIpc) is 2.70. The maximum atomic E-state index is 13.3. The summed E-state index contributed by atoms with van der Waals surface area (Å²) >= 11 is 0. The van der Waals surface area contributed by atoms with Gasteiger partial charge >= 0.3 is 6.36 Å². The van der Waals surface area contributed by atoms with Crippen LogP contribution in [0.5, 0.6) is 5.75 Å². The van der Waals surface area contributed by atoms with Crippen molar-refractivity contribution in [3.05, 3.63) is 29.8 Å². The van der Waals surface area contributed by atoms with Crippen molar-refractivity contribution in [1.82, 2.24) is 5.32 Å². The first-order valence-electron chi connectivity index (χ1n) is 5.76. The standard InChI is InChI=1S/C12H10F5NO/c13-11(14)8-5-18-10(9(8)11)6-1-3-7(4-2-6)19-12(15,16)17/h1-4,8-10,18H,5H2/t8-,9-,10+/m1/s1. The van der Waals surface area contributed by atoms with Crippen LogP contribution in [0.3, 0.4) is 0 Å². The Bertz CT molecular complexity index is 484. The van der Waals surface area contributed by atoms with E-state index in [2.05, 4.69) is 10.1 Å². The fourth-order valence-electron chi connectivity index (χ4n) is 2.72. The van der Waals surface area contributed by atoms with Crippen molar-refractivity contribution in [2.24, 2.45) is 11.8 Å². The summed E-state index contributed by atoms with van der Waals surface area (Å²) in [5.74, 6) is -4.41. The van der Waals surface area contributed by atoms with Crippen LogP contribution >= 0.6 is 0 Å². The van der Waals surface area contributed by atoms with Crippen LogP contribution in [0, 0.1) is 11.8 Å². The van der Waals surface area contributed by atoms with E-state index < -0.39 is 30.2 Å².